The van der Waals surface area contributed by atoms with E-state index in [0.29, 0.717) is 0 Å². The Labute approximate surface area is 108 Å². The van der Waals surface area contributed by atoms with Gasteiger partial charge in [-0.2, -0.15) is 0 Å². The highest BCUT2D eigenvalue weighted by Gasteiger charge is 2.17. The summed E-state index contributed by atoms with van der Waals surface area (Å²) in [4.78, 5) is 19.5. The molecule has 0 aliphatic heterocycles. The van der Waals surface area contributed by atoms with E-state index >= 15 is 0 Å². The van der Waals surface area contributed by atoms with Crippen molar-refractivity contribution in [1.29, 1.82) is 0 Å². The van der Waals surface area contributed by atoms with Crippen LogP contribution < -0.4 is 4.74 Å². The molecule has 0 amide bonds. The molecule has 8 heteroatoms. The van der Waals surface area contributed by atoms with Gasteiger partial charge < -0.3 is 30.3 Å². The minimum absolute atomic E-state index is 0.107. The summed E-state index contributed by atoms with van der Waals surface area (Å²) in [7, 11) is 1.38. The van der Waals surface area contributed by atoms with Gasteiger partial charge in [-0.3, -0.25) is 0 Å². The van der Waals surface area contributed by atoms with E-state index in [1.807, 2.05) is 0 Å². The Hall–Kier alpha value is -2.32. The summed E-state index contributed by atoms with van der Waals surface area (Å²) < 4.78 is 4.76. The van der Waals surface area contributed by atoms with Gasteiger partial charge >= 0.3 is 11.9 Å². The molecule has 1 rings (SSSR count). The maximum Gasteiger partial charge on any atom is 0.337 e. The zero-order valence-electron chi connectivity index (χ0n) is 9.98. The maximum absolute atomic E-state index is 10.4. The topological polar surface area (TPSA) is 145 Å². The van der Waals surface area contributed by atoms with Gasteiger partial charge in [0.2, 0.25) is 0 Å². The molecule has 1 atom stereocenters. The molecule has 0 aliphatic carbocycles. The van der Waals surface area contributed by atoms with Crippen LogP contribution in [0.4, 0.5) is 0 Å². The zero-order valence-corrected chi connectivity index (χ0v) is 9.98. The number of aliphatic hydroxyl groups excluding tert-OH is 2. The summed E-state index contributed by atoms with van der Waals surface area (Å²) in [5.74, 6) is -2.53. The molecule has 0 spiro atoms. The SMILES string of the molecule is COc1ccc(C(O)C(=O)O)cc1O.O=C(O)CO. The highest BCUT2D eigenvalue weighted by atomic mass is 16.5. The Morgan fingerprint density at radius 1 is 1.32 bits per heavy atom. The van der Waals surface area contributed by atoms with E-state index in [9.17, 15) is 9.90 Å². The number of ether oxygens (including phenoxy) is 1. The number of carboxylic acid groups (broad SMARTS) is 2. The first-order valence-electron chi connectivity index (χ1n) is 4.93. The van der Waals surface area contributed by atoms with E-state index in [4.69, 9.17) is 30.0 Å². The van der Waals surface area contributed by atoms with Gasteiger partial charge in [0.15, 0.2) is 17.6 Å². The van der Waals surface area contributed by atoms with Crippen LogP contribution >= 0.6 is 0 Å². The van der Waals surface area contributed by atoms with E-state index < -0.39 is 24.6 Å². The quantitative estimate of drug-likeness (QED) is 0.498. The third-order valence-electron chi connectivity index (χ3n) is 1.89. The molecule has 19 heavy (non-hydrogen) atoms. The van der Waals surface area contributed by atoms with Gasteiger partial charge in [0.25, 0.3) is 0 Å². The summed E-state index contributed by atoms with van der Waals surface area (Å²) in [6.45, 7) is -0.778. The fourth-order valence-electron chi connectivity index (χ4n) is 1.02. The number of benzene rings is 1. The first kappa shape index (κ1) is 16.7. The molecule has 106 valence electrons. The minimum Gasteiger partial charge on any atom is -0.504 e. The lowest BCUT2D eigenvalue weighted by Gasteiger charge is -2.08. The lowest BCUT2D eigenvalue weighted by molar-refractivity contribution is -0.147. The number of phenols is 1. The van der Waals surface area contributed by atoms with Gasteiger partial charge in [-0.15, -0.1) is 0 Å². The van der Waals surface area contributed by atoms with Crippen molar-refractivity contribution in [2.24, 2.45) is 0 Å². The largest absolute Gasteiger partial charge is 0.504 e. The van der Waals surface area contributed by atoms with Gasteiger partial charge in [0.1, 0.15) is 6.61 Å². The first-order valence-corrected chi connectivity index (χ1v) is 4.93. The smallest absolute Gasteiger partial charge is 0.337 e. The first-order chi connectivity index (χ1) is 8.83. The van der Waals surface area contributed by atoms with Gasteiger partial charge in [-0.1, -0.05) is 6.07 Å². The van der Waals surface area contributed by atoms with Crippen LogP contribution in [0.2, 0.25) is 0 Å². The summed E-state index contributed by atoms with van der Waals surface area (Å²) in [5.41, 5.74) is 0.107. The maximum atomic E-state index is 10.4. The van der Waals surface area contributed by atoms with Crippen molar-refractivity contribution in [1.82, 2.24) is 0 Å². The predicted octanol–water partition coefficient (Wildman–Crippen LogP) is -0.418. The fraction of sp³-hybridized carbons (Fsp3) is 0.273. The lowest BCUT2D eigenvalue weighted by atomic mass is 10.1. The van der Waals surface area contributed by atoms with Crippen LogP contribution in [0.3, 0.4) is 0 Å². The minimum atomic E-state index is -1.63. The Morgan fingerprint density at radius 2 is 1.84 bits per heavy atom. The van der Waals surface area contributed by atoms with Crippen LogP contribution in [0, 0.1) is 0 Å². The average molecular weight is 274 g/mol. The van der Waals surface area contributed by atoms with Crippen molar-refractivity contribution in [3.05, 3.63) is 23.8 Å². The summed E-state index contributed by atoms with van der Waals surface area (Å²) >= 11 is 0. The second-order valence-electron chi connectivity index (χ2n) is 3.22. The summed E-state index contributed by atoms with van der Waals surface area (Å²) in [6.07, 6.45) is -1.63. The van der Waals surface area contributed by atoms with Gasteiger partial charge in [-0.25, -0.2) is 9.59 Å². The van der Waals surface area contributed by atoms with Crippen LogP contribution in [0.25, 0.3) is 0 Å². The molecule has 0 radical (unpaired) electrons. The molecular weight excluding hydrogens is 260 g/mol. The Morgan fingerprint density at radius 3 is 2.16 bits per heavy atom. The van der Waals surface area contributed by atoms with E-state index in [1.165, 1.54) is 19.2 Å². The normalized spacial score (nSPS) is 10.9. The van der Waals surface area contributed by atoms with Gasteiger partial charge in [-0.05, 0) is 17.7 Å². The molecule has 0 bridgehead atoms. The third kappa shape index (κ3) is 5.70. The fourth-order valence-corrected chi connectivity index (χ4v) is 1.02. The second kappa shape index (κ2) is 7.90. The third-order valence-corrected chi connectivity index (χ3v) is 1.89. The molecule has 0 saturated carbocycles. The van der Waals surface area contributed by atoms with Crippen LogP contribution in [0.5, 0.6) is 11.5 Å². The van der Waals surface area contributed by atoms with E-state index in [2.05, 4.69) is 0 Å². The number of aliphatic hydroxyl groups is 2. The number of hydrogen-bond acceptors (Lipinski definition) is 6. The van der Waals surface area contributed by atoms with Crippen LogP contribution in [-0.2, 0) is 9.59 Å². The Kier molecular flexibility index (Phi) is 6.94. The van der Waals surface area contributed by atoms with Crippen molar-refractivity contribution in [3.8, 4) is 11.5 Å². The summed E-state index contributed by atoms with van der Waals surface area (Å²) in [6, 6.07) is 3.91. The Bertz CT molecular complexity index is 442. The van der Waals surface area contributed by atoms with Crippen molar-refractivity contribution in [2.45, 2.75) is 6.10 Å². The van der Waals surface area contributed by atoms with E-state index in [-0.39, 0.29) is 17.1 Å². The number of rotatable bonds is 4. The molecule has 0 saturated heterocycles. The number of methoxy groups -OCH3 is 1. The van der Waals surface area contributed by atoms with Gasteiger partial charge in [0, 0.05) is 0 Å². The molecule has 1 aromatic rings. The second-order valence-corrected chi connectivity index (χ2v) is 3.22. The van der Waals surface area contributed by atoms with Crippen molar-refractivity contribution in [2.75, 3.05) is 13.7 Å². The average Bonchev–Trinajstić information content (AvgIpc) is 2.38. The van der Waals surface area contributed by atoms with E-state index in [1.54, 1.807) is 0 Å². The monoisotopic (exact) mass is 274 g/mol. The van der Waals surface area contributed by atoms with Crippen LogP contribution in [0.15, 0.2) is 18.2 Å². The molecular formula is C11H14O8. The molecule has 8 nitrogen and oxygen atoms in total. The Balaban J connectivity index is 0.000000555. The summed E-state index contributed by atoms with van der Waals surface area (Å²) in [5, 5.41) is 41.9. The molecule has 0 fully saturated rings. The predicted molar refractivity (Wildman–Crippen MR) is 62.0 cm³/mol. The van der Waals surface area contributed by atoms with Crippen molar-refractivity contribution in [3.63, 3.8) is 0 Å². The molecule has 0 heterocycles. The molecule has 1 aromatic carbocycles. The highest BCUT2D eigenvalue weighted by Crippen LogP contribution is 2.28. The number of hydrogen-bond donors (Lipinski definition) is 5. The lowest BCUT2D eigenvalue weighted by Crippen LogP contribution is -2.10. The van der Waals surface area contributed by atoms with E-state index in [0.717, 1.165) is 6.07 Å². The molecule has 5 N–H and O–H groups in total. The number of phenolic OH excluding ortho intramolecular Hbond substituents is 1. The zero-order chi connectivity index (χ0) is 15.0. The molecule has 1 unspecified atom stereocenters. The number of carboxylic acids is 2. The number of aromatic hydroxyl groups is 1. The number of carbonyl (C=O) groups is 2. The van der Waals surface area contributed by atoms with Crippen LogP contribution in [-0.4, -0.2) is 51.2 Å². The van der Waals surface area contributed by atoms with Gasteiger partial charge in [0.05, 0.1) is 7.11 Å². The molecule has 0 aromatic heterocycles. The van der Waals surface area contributed by atoms with Crippen molar-refractivity contribution < 1.29 is 39.9 Å². The standard InChI is InChI=1S/C9H10O5.C2H4O3/c1-14-7-3-2-5(4-6(7)10)8(11)9(12)13;3-1-2(4)5/h2-4,8,10-11H,1H3,(H,12,13);3H,1H2,(H,4,5). The number of aliphatic carboxylic acids is 2. The highest BCUT2D eigenvalue weighted by molar-refractivity contribution is 5.74. The van der Waals surface area contributed by atoms with Crippen LogP contribution in [0.1, 0.15) is 11.7 Å². The van der Waals surface area contributed by atoms with Crippen molar-refractivity contribution >= 4 is 11.9 Å². The molecule has 0 aliphatic rings.